The lowest BCUT2D eigenvalue weighted by Gasteiger charge is -2.32. The second kappa shape index (κ2) is 6.73. The Morgan fingerprint density at radius 2 is 1.96 bits per heavy atom. The standard InChI is InChI=1S/C19H21ClN2O/c1-13-7-8-17(11-18(13)20)21-19(23)14(2)22-10-9-15-5-3-4-6-16(15)12-22/h3-8,11,14H,9-10,12H2,1-2H3,(H,21,23). The van der Waals surface area contributed by atoms with Crippen LogP contribution in [0.1, 0.15) is 23.6 Å². The first-order valence-corrected chi connectivity index (χ1v) is 8.30. The molecule has 4 heteroatoms. The number of nitrogens with one attached hydrogen (secondary N) is 1. The van der Waals surface area contributed by atoms with Crippen molar-refractivity contribution < 1.29 is 4.79 Å². The van der Waals surface area contributed by atoms with Crippen LogP contribution in [0.15, 0.2) is 42.5 Å². The zero-order chi connectivity index (χ0) is 16.4. The quantitative estimate of drug-likeness (QED) is 0.922. The van der Waals surface area contributed by atoms with Crippen LogP contribution in [0.3, 0.4) is 0 Å². The third-order valence-electron chi connectivity index (χ3n) is 4.53. The third-order valence-corrected chi connectivity index (χ3v) is 4.93. The number of halogens is 1. The Bertz CT molecular complexity index is 729. The smallest absolute Gasteiger partial charge is 0.241 e. The van der Waals surface area contributed by atoms with Gasteiger partial charge in [-0.05, 0) is 49.1 Å². The molecular weight excluding hydrogens is 308 g/mol. The van der Waals surface area contributed by atoms with Gasteiger partial charge in [0.2, 0.25) is 5.91 Å². The van der Waals surface area contributed by atoms with E-state index in [0.29, 0.717) is 5.02 Å². The SMILES string of the molecule is Cc1ccc(NC(=O)C(C)N2CCc3ccccc3C2)cc1Cl. The summed E-state index contributed by atoms with van der Waals surface area (Å²) in [6, 6.07) is 13.9. The number of hydrogen-bond acceptors (Lipinski definition) is 2. The summed E-state index contributed by atoms with van der Waals surface area (Å²) >= 11 is 6.12. The van der Waals surface area contributed by atoms with Crippen LogP contribution < -0.4 is 5.32 Å². The monoisotopic (exact) mass is 328 g/mol. The van der Waals surface area contributed by atoms with Crippen LogP contribution >= 0.6 is 11.6 Å². The maximum atomic E-state index is 12.5. The van der Waals surface area contributed by atoms with Crippen LogP contribution in [-0.2, 0) is 17.8 Å². The van der Waals surface area contributed by atoms with Gasteiger partial charge >= 0.3 is 0 Å². The second-order valence-corrected chi connectivity index (χ2v) is 6.53. The van der Waals surface area contributed by atoms with Crippen molar-refractivity contribution in [2.45, 2.75) is 32.9 Å². The van der Waals surface area contributed by atoms with Gasteiger partial charge in [-0.2, -0.15) is 0 Å². The molecule has 1 atom stereocenters. The highest BCUT2D eigenvalue weighted by atomic mass is 35.5. The molecule has 3 nitrogen and oxygen atoms in total. The first-order valence-electron chi connectivity index (χ1n) is 7.92. The molecule has 23 heavy (non-hydrogen) atoms. The highest BCUT2D eigenvalue weighted by Crippen LogP contribution is 2.22. The topological polar surface area (TPSA) is 32.3 Å². The van der Waals surface area contributed by atoms with Gasteiger partial charge in [-0.15, -0.1) is 0 Å². The van der Waals surface area contributed by atoms with Crippen molar-refractivity contribution >= 4 is 23.2 Å². The Morgan fingerprint density at radius 3 is 2.70 bits per heavy atom. The predicted octanol–water partition coefficient (Wildman–Crippen LogP) is 4.03. The summed E-state index contributed by atoms with van der Waals surface area (Å²) in [5.74, 6) is 0.00398. The molecule has 1 aliphatic rings. The average molecular weight is 329 g/mol. The largest absolute Gasteiger partial charge is 0.325 e. The fraction of sp³-hybridized carbons (Fsp3) is 0.316. The third kappa shape index (κ3) is 3.57. The van der Waals surface area contributed by atoms with Crippen LogP contribution in [0.2, 0.25) is 5.02 Å². The molecule has 0 aromatic heterocycles. The summed E-state index contributed by atoms with van der Waals surface area (Å²) in [6.07, 6.45) is 0.990. The number of fused-ring (bicyclic) bond motifs is 1. The highest BCUT2D eigenvalue weighted by Gasteiger charge is 2.25. The van der Waals surface area contributed by atoms with E-state index in [9.17, 15) is 4.79 Å². The average Bonchev–Trinajstić information content (AvgIpc) is 2.57. The minimum absolute atomic E-state index is 0.00398. The van der Waals surface area contributed by atoms with E-state index in [-0.39, 0.29) is 11.9 Å². The van der Waals surface area contributed by atoms with E-state index in [1.807, 2.05) is 26.0 Å². The Balaban J connectivity index is 1.67. The summed E-state index contributed by atoms with van der Waals surface area (Å²) in [7, 11) is 0. The summed E-state index contributed by atoms with van der Waals surface area (Å²) in [6.45, 7) is 5.63. The first-order chi connectivity index (χ1) is 11.0. The van der Waals surface area contributed by atoms with Crippen molar-refractivity contribution in [3.63, 3.8) is 0 Å². The molecule has 0 fully saturated rings. The fourth-order valence-corrected chi connectivity index (χ4v) is 3.11. The van der Waals surface area contributed by atoms with Gasteiger partial charge in [0, 0.05) is 23.8 Å². The summed E-state index contributed by atoms with van der Waals surface area (Å²) in [4.78, 5) is 14.7. The number of amides is 1. The molecular formula is C19H21ClN2O. The van der Waals surface area contributed by atoms with E-state index < -0.39 is 0 Å². The van der Waals surface area contributed by atoms with Crippen molar-refractivity contribution in [2.75, 3.05) is 11.9 Å². The molecule has 1 amide bonds. The first kappa shape index (κ1) is 16.0. The van der Waals surface area contributed by atoms with E-state index in [1.165, 1.54) is 11.1 Å². The maximum Gasteiger partial charge on any atom is 0.241 e. The molecule has 0 bridgehead atoms. The van der Waals surface area contributed by atoms with Gasteiger partial charge in [-0.3, -0.25) is 9.69 Å². The number of benzene rings is 2. The molecule has 1 heterocycles. The summed E-state index contributed by atoms with van der Waals surface area (Å²) < 4.78 is 0. The van der Waals surface area contributed by atoms with Crippen LogP contribution in [-0.4, -0.2) is 23.4 Å². The molecule has 0 spiro atoms. The van der Waals surface area contributed by atoms with Crippen LogP contribution in [0, 0.1) is 6.92 Å². The lowest BCUT2D eigenvalue weighted by Crippen LogP contribution is -2.44. The minimum Gasteiger partial charge on any atom is -0.325 e. The van der Waals surface area contributed by atoms with E-state index in [4.69, 9.17) is 11.6 Å². The number of aryl methyl sites for hydroxylation is 1. The van der Waals surface area contributed by atoms with E-state index in [0.717, 1.165) is 30.8 Å². The lowest BCUT2D eigenvalue weighted by molar-refractivity contribution is -0.121. The second-order valence-electron chi connectivity index (χ2n) is 6.12. The molecule has 0 saturated carbocycles. The van der Waals surface area contributed by atoms with Gasteiger partial charge < -0.3 is 5.32 Å². The zero-order valence-corrected chi connectivity index (χ0v) is 14.2. The molecule has 2 aromatic carbocycles. The number of anilines is 1. The molecule has 0 radical (unpaired) electrons. The number of hydrogen-bond donors (Lipinski definition) is 1. The molecule has 0 aliphatic carbocycles. The minimum atomic E-state index is -0.177. The summed E-state index contributed by atoms with van der Waals surface area (Å²) in [5, 5.41) is 3.63. The van der Waals surface area contributed by atoms with Gasteiger partial charge in [-0.1, -0.05) is 41.9 Å². The van der Waals surface area contributed by atoms with Crippen molar-refractivity contribution in [2.24, 2.45) is 0 Å². The molecule has 2 aromatic rings. The molecule has 1 N–H and O–H groups in total. The van der Waals surface area contributed by atoms with Crippen molar-refractivity contribution in [1.29, 1.82) is 0 Å². The zero-order valence-electron chi connectivity index (χ0n) is 13.5. The Hall–Kier alpha value is -1.84. The number of carbonyl (C=O) groups is 1. The molecule has 1 unspecified atom stereocenters. The lowest BCUT2D eigenvalue weighted by atomic mass is 9.99. The number of carbonyl (C=O) groups excluding carboxylic acids is 1. The fourth-order valence-electron chi connectivity index (χ4n) is 2.93. The highest BCUT2D eigenvalue weighted by molar-refractivity contribution is 6.31. The van der Waals surface area contributed by atoms with Gasteiger partial charge in [0.25, 0.3) is 0 Å². The molecule has 3 rings (SSSR count). The van der Waals surface area contributed by atoms with E-state index in [1.54, 1.807) is 6.07 Å². The van der Waals surface area contributed by atoms with Crippen LogP contribution in [0.25, 0.3) is 0 Å². The van der Waals surface area contributed by atoms with Gasteiger partial charge in [-0.25, -0.2) is 0 Å². The van der Waals surface area contributed by atoms with Crippen LogP contribution in [0.4, 0.5) is 5.69 Å². The number of rotatable bonds is 3. The Labute approximate surface area is 142 Å². The Morgan fingerprint density at radius 1 is 1.22 bits per heavy atom. The van der Waals surface area contributed by atoms with Gasteiger partial charge in [0.15, 0.2) is 0 Å². The number of nitrogens with zero attached hydrogens (tertiary/aromatic N) is 1. The van der Waals surface area contributed by atoms with Crippen molar-refractivity contribution in [3.8, 4) is 0 Å². The van der Waals surface area contributed by atoms with E-state index in [2.05, 4.69) is 34.5 Å². The maximum absolute atomic E-state index is 12.5. The Kier molecular flexibility index (Phi) is 4.69. The molecule has 0 saturated heterocycles. The van der Waals surface area contributed by atoms with Crippen LogP contribution in [0.5, 0.6) is 0 Å². The van der Waals surface area contributed by atoms with Gasteiger partial charge in [0.1, 0.15) is 0 Å². The summed E-state index contributed by atoms with van der Waals surface area (Å²) in [5.41, 5.74) is 4.46. The van der Waals surface area contributed by atoms with Crippen molar-refractivity contribution in [3.05, 3.63) is 64.2 Å². The normalized spacial score (nSPS) is 15.8. The van der Waals surface area contributed by atoms with E-state index >= 15 is 0 Å². The predicted molar refractivity (Wildman–Crippen MR) is 94.8 cm³/mol. The van der Waals surface area contributed by atoms with Gasteiger partial charge in [0.05, 0.1) is 6.04 Å². The molecule has 1 aliphatic heterocycles. The van der Waals surface area contributed by atoms with Crippen molar-refractivity contribution in [1.82, 2.24) is 4.90 Å². The molecule has 120 valence electrons.